The lowest BCUT2D eigenvalue weighted by Gasteiger charge is -2.05. The van der Waals surface area contributed by atoms with Gasteiger partial charge in [0.1, 0.15) is 17.3 Å². The molecule has 1 N–H and O–H groups in total. The van der Waals surface area contributed by atoms with Crippen LogP contribution in [0.15, 0.2) is 36.5 Å². The van der Waals surface area contributed by atoms with E-state index >= 15 is 0 Å². The van der Waals surface area contributed by atoms with Gasteiger partial charge in [0.05, 0.1) is 7.11 Å². The Morgan fingerprint density at radius 2 is 2.11 bits per heavy atom. The van der Waals surface area contributed by atoms with Crippen LogP contribution in [-0.2, 0) is 0 Å². The summed E-state index contributed by atoms with van der Waals surface area (Å²) in [5.41, 5.74) is 0.785. The first-order chi connectivity index (χ1) is 8.61. The normalized spacial score (nSPS) is 10.1. The van der Waals surface area contributed by atoms with E-state index < -0.39 is 11.8 Å². The molecule has 0 spiro atoms. The lowest BCUT2D eigenvalue weighted by Crippen LogP contribution is -1.99. The highest BCUT2D eigenvalue weighted by atomic mass is 19.1. The molecule has 0 saturated carbocycles. The predicted octanol–water partition coefficient (Wildman–Crippen LogP) is 2.59. The predicted molar refractivity (Wildman–Crippen MR) is 63.1 cm³/mol. The second-order valence-corrected chi connectivity index (χ2v) is 3.58. The molecule has 1 aromatic carbocycles. The number of pyridine rings is 1. The van der Waals surface area contributed by atoms with E-state index in [0.717, 1.165) is 0 Å². The van der Waals surface area contributed by atoms with E-state index in [0.29, 0.717) is 16.9 Å². The van der Waals surface area contributed by atoms with E-state index in [2.05, 4.69) is 4.98 Å². The highest BCUT2D eigenvalue weighted by Gasteiger charge is 2.09. The first kappa shape index (κ1) is 12.0. The van der Waals surface area contributed by atoms with Crippen molar-refractivity contribution in [1.82, 2.24) is 4.98 Å². The van der Waals surface area contributed by atoms with Crippen molar-refractivity contribution in [2.24, 2.45) is 0 Å². The van der Waals surface area contributed by atoms with Crippen molar-refractivity contribution in [3.8, 4) is 16.9 Å². The summed E-state index contributed by atoms with van der Waals surface area (Å²) in [4.78, 5) is 14.4. The van der Waals surface area contributed by atoms with Gasteiger partial charge in [-0.3, -0.25) is 0 Å². The van der Waals surface area contributed by atoms with E-state index in [4.69, 9.17) is 9.84 Å². The van der Waals surface area contributed by atoms with Gasteiger partial charge in [0, 0.05) is 23.4 Å². The average molecular weight is 247 g/mol. The van der Waals surface area contributed by atoms with Gasteiger partial charge in [-0.25, -0.2) is 14.2 Å². The number of aromatic nitrogens is 1. The fourth-order valence-electron chi connectivity index (χ4n) is 1.54. The van der Waals surface area contributed by atoms with Crippen LogP contribution in [0.3, 0.4) is 0 Å². The van der Waals surface area contributed by atoms with E-state index in [-0.39, 0.29) is 5.69 Å². The summed E-state index contributed by atoms with van der Waals surface area (Å²) in [7, 11) is 1.46. The van der Waals surface area contributed by atoms with E-state index in [1.165, 1.54) is 31.5 Å². The van der Waals surface area contributed by atoms with Gasteiger partial charge in [-0.1, -0.05) is 6.07 Å². The smallest absolute Gasteiger partial charge is 0.354 e. The maximum Gasteiger partial charge on any atom is 0.354 e. The molecule has 1 aromatic heterocycles. The summed E-state index contributed by atoms with van der Waals surface area (Å²) in [6.45, 7) is 0. The first-order valence-electron chi connectivity index (χ1n) is 5.15. The third-order valence-corrected chi connectivity index (χ3v) is 2.47. The van der Waals surface area contributed by atoms with E-state index in [9.17, 15) is 9.18 Å². The van der Waals surface area contributed by atoms with Crippen LogP contribution in [-0.4, -0.2) is 23.2 Å². The molecule has 0 saturated heterocycles. The molecule has 1 heterocycles. The topological polar surface area (TPSA) is 59.4 Å². The molecule has 2 aromatic rings. The number of hydrogen-bond donors (Lipinski definition) is 1. The van der Waals surface area contributed by atoms with Gasteiger partial charge in [-0.15, -0.1) is 0 Å². The molecule has 0 aliphatic carbocycles. The van der Waals surface area contributed by atoms with Crippen LogP contribution >= 0.6 is 0 Å². The van der Waals surface area contributed by atoms with Crippen LogP contribution in [0.2, 0.25) is 0 Å². The molecular formula is C13H10FNO3. The Morgan fingerprint density at radius 3 is 2.61 bits per heavy atom. The molecule has 18 heavy (non-hydrogen) atoms. The number of aromatic carboxylic acids is 1. The Balaban J connectivity index is 2.39. The number of benzene rings is 1. The second-order valence-electron chi connectivity index (χ2n) is 3.58. The number of carboxylic acid groups (broad SMARTS) is 1. The molecule has 0 amide bonds. The van der Waals surface area contributed by atoms with Gasteiger partial charge in [0.2, 0.25) is 0 Å². The van der Waals surface area contributed by atoms with Crippen molar-refractivity contribution in [2.75, 3.05) is 7.11 Å². The van der Waals surface area contributed by atoms with Gasteiger partial charge in [-0.2, -0.15) is 0 Å². The molecule has 0 bridgehead atoms. The fourth-order valence-corrected chi connectivity index (χ4v) is 1.54. The standard InChI is InChI=1S/C13H10FNO3/c1-18-9-3-4-10(11(14)6-9)8-2-5-12(13(16)17)15-7-8/h2-7H,1H3,(H,16,17). The second kappa shape index (κ2) is 4.83. The third-order valence-electron chi connectivity index (χ3n) is 2.47. The maximum absolute atomic E-state index is 13.8. The molecule has 0 atom stereocenters. The van der Waals surface area contributed by atoms with Crippen molar-refractivity contribution >= 4 is 5.97 Å². The molecule has 4 nitrogen and oxygen atoms in total. The molecule has 0 fully saturated rings. The Labute approximate surface area is 103 Å². The van der Waals surface area contributed by atoms with Gasteiger partial charge < -0.3 is 9.84 Å². The summed E-state index contributed by atoms with van der Waals surface area (Å²) in [5.74, 6) is -1.14. The number of methoxy groups -OCH3 is 1. The van der Waals surface area contributed by atoms with Crippen LogP contribution in [0.5, 0.6) is 5.75 Å². The van der Waals surface area contributed by atoms with Gasteiger partial charge in [-0.05, 0) is 18.2 Å². The van der Waals surface area contributed by atoms with Gasteiger partial charge in [0.15, 0.2) is 0 Å². The fraction of sp³-hybridized carbons (Fsp3) is 0.0769. The van der Waals surface area contributed by atoms with Crippen molar-refractivity contribution in [3.63, 3.8) is 0 Å². The number of halogens is 1. The Kier molecular flexibility index (Phi) is 3.23. The van der Waals surface area contributed by atoms with Crippen LogP contribution in [0.4, 0.5) is 4.39 Å². The van der Waals surface area contributed by atoms with Crippen LogP contribution < -0.4 is 4.74 Å². The highest BCUT2D eigenvalue weighted by Crippen LogP contribution is 2.25. The van der Waals surface area contributed by atoms with Crippen molar-refractivity contribution in [2.45, 2.75) is 0 Å². The Bertz CT molecular complexity index is 581. The molecule has 0 unspecified atom stereocenters. The zero-order valence-corrected chi connectivity index (χ0v) is 9.55. The molecular weight excluding hydrogens is 237 g/mol. The minimum atomic E-state index is -1.11. The monoisotopic (exact) mass is 247 g/mol. The number of carbonyl (C=O) groups is 1. The number of ether oxygens (including phenoxy) is 1. The third kappa shape index (κ3) is 2.29. The minimum Gasteiger partial charge on any atom is -0.497 e. The van der Waals surface area contributed by atoms with Crippen LogP contribution in [0.25, 0.3) is 11.1 Å². The zero-order valence-electron chi connectivity index (χ0n) is 9.55. The lowest BCUT2D eigenvalue weighted by molar-refractivity contribution is 0.0690. The number of rotatable bonds is 3. The minimum absolute atomic E-state index is 0.0762. The van der Waals surface area contributed by atoms with Crippen molar-refractivity contribution in [1.29, 1.82) is 0 Å². The number of carboxylic acids is 1. The number of nitrogens with zero attached hydrogens (tertiary/aromatic N) is 1. The molecule has 5 heteroatoms. The van der Waals surface area contributed by atoms with Crippen molar-refractivity contribution in [3.05, 3.63) is 48.0 Å². The maximum atomic E-state index is 13.8. The molecule has 2 rings (SSSR count). The van der Waals surface area contributed by atoms with E-state index in [1.807, 2.05) is 0 Å². The summed E-state index contributed by atoms with van der Waals surface area (Å²) in [6.07, 6.45) is 1.33. The highest BCUT2D eigenvalue weighted by molar-refractivity contribution is 5.85. The SMILES string of the molecule is COc1ccc(-c2ccc(C(=O)O)nc2)c(F)c1. The molecule has 0 radical (unpaired) electrons. The quantitative estimate of drug-likeness (QED) is 0.905. The van der Waals surface area contributed by atoms with E-state index in [1.54, 1.807) is 12.1 Å². The average Bonchev–Trinajstić information content (AvgIpc) is 2.38. The lowest BCUT2D eigenvalue weighted by atomic mass is 10.1. The summed E-state index contributed by atoms with van der Waals surface area (Å²) in [6, 6.07) is 7.30. The van der Waals surface area contributed by atoms with Gasteiger partial charge >= 0.3 is 5.97 Å². The summed E-state index contributed by atoms with van der Waals surface area (Å²) >= 11 is 0. The number of hydrogen-bond acceptors (Lipinski definition) is 3. The van der Waals surface area contributed by atoms with Crippen LogP contribution in [0.1, 0.15) is 10.5 Å². The summed E-state index contributed by atoms with van der Waals surface area (Å²) < 4.78 is 18.7. The Morgan fingerprint density at radius 1 is 1.33 bits per heavy atom. The largest absolute Gasteiger partial charge is 0.497 e. The molecule has 0 aliphatic heterocycles. The van der Waals surface area contributed by atoms with Crippen molar-refractivity contribution < 1.29 is 19.0 Å². The molecule has 0 aliphatic rings. The molecule has 92 valence electrons. The zero-order chi connectivity index (χ0) is 13.1. The van der Waals surface area contributed by atoms with Crippen LogP contribution in [0, 0.1) is 5.82 Å². The van der Waals surface area contributed by atoms with Gasteiger partial charge in [0.25, 0.3) is 0 Å². The Hall–Kier alpha value is -2.43. The first-order valence-corrected chi connectivity index (χ1v) is 5.15. The summed E-state index contributed by atoms with van der Waals surface area (Å²) in [5, 5.41) is 8.72.